The SMILES string of the molecule is COc1cc(OC)c(NS(=O)(=O)c2ccc3c(c2)c2ccccc2n3C)cc1Cl. The van der Waals surface area contributed by atoms with Gasteiger partial charge in [0.2, 0.25) is 0 Å². The maximum absolute atomic E-state index is 13.1. The minimum absolute atomic E-state index is 0.148. The summed E-state index contributed by atoms with van der Waals surface area (Å²) in [4.78, 5) is 0.148. The Labute approximate surface area is 173 Å². The number of hydrogen-bond donors (Lipinski definition) is 1. The van der Waals surface area contributed by atoms with E-state index in [4.69, 9.17) is 21.1 Å². The Morgan fingerprint density at radius 3 is 2.31 bits per heavy atom. The van der Waals surface area contributed by atoms with Crippen molar-refractivity contribution >= 4 is 49.1 Å². The number of para-hydroxylation sites is 1. The highest BCUT2D eigenvalue weighted by Gasteiger charge is 2.20. The maximum Gasteiger partial charge on any atom is 0.262 e. The van der Waals surface area contributed by atoms with Gasteiger partial charge >= 0.3 is 0 Å². The predicted molar refractivity (Wildman–Crippen MR) is 116 cm³/mol. The molecule has 0 bridgehead atoms. The monoisotopic (exact) mass is 430 g/mol. The molecular formula is C21H19ClN2O4S. The number of benzene rings is 3. The summed E-state index contributed by atoms with van der Waals surface area (Å²) in [7, 11) is 1.01. The molecule has 0 amide bonds. The lowest BCUT2D eigenvalue weighted by molar-refractivity contribution is 0.396. The molecule has 0 atom stereocenters. The van der Waals surface area contributed by atoms with Gasteiger partial charge in [0.15, 0.2) is 0 Å². The normalized spacial score (nSPS) is 11.7. The molecule has 0 aliphatic rings. The quantitative estimate of drug-likeness (QED) is 0.493. The number of sulfonamides is 1. The molecule has 0 aliphatic heterocycles. The second kappa shape index (κ2) is 7.17. The smallest absolute Gasteiger partial charge is 0.262 e. The first-order valence-electron chi connectivity index (χ1n) is 8.77. The Bertz CT molecular complexity index is 1350. The number of nitrogens with one attached hydrogen (secondary N) is 1. The highest BCUT2D eigenvalue weighted by atomic mass is 35.5. The van der Waals surface area contributed by atoms with Crippen LogP contribution in [0.3, 0.4) is 0 Å². The second-order valence-electron chi connectivity index (χ2n) is 6.55. The van der Waals surface area contributed by atoms with E-state index in [0.717, 1.165) is 21.8 Å². The molecule has 0 saturated carbocycles. The van der Waals surface area contributed by atoms with Crippen molar-refractivity contribution in [2.24, 2.45) is 7.05 Å². The first-order chi connectivity index (χ1) is 13.9. The average Bonchev–Trinajstić information content (AvgIpc) is 3.00. The molecule has 6 nitrogen and oxygen atoms in total. The van der Waals surface area contributed by atoms with Crippen LogP contribution in [0, 0.1) is 0 Å². The zero-order valence-corrected chi connectivity index (χ0v) is 17.6. The number of aromatic nitrogens is 1. The van der Waals surface area contributed by atoms with Crippen LogP contribution in [-0.2, 0) is 17.1 Å². The third-order valence-electron chi connectivity index (χ3n) is 4.91. The van der Waals surface area contributed by atoms with Crippen molar-refractivity contribution in [3.8, 4) is 11.5 Å². The summed E-state index contributed by atoms with van der Waals surface area (Å²) >= 11 is 6.16. The summed E-state index contributed by atoms with van der Waals surface area (Å²) in [6.45, 7) is 0. The van der Waals surface area contributed by atoms with Gasteiger partial charge in [0, 0.05) is 34.9 Å². The number of methoxy groups -OCH3 is 2. The number of fused-ring (bicyclic) bond motifs is 3. The zero-order valence-electron chi connectivity index (χ0n) is 16.1. The lowest BCUT2D eigenvalue weighted by Gasteiger charge is -2.14. The van der Waals surface area contributed by atoms with E-state index in [9.17, 15) is 8.42 Å². The average molecular weight is 431 g/mol. The van der Waals surface area contributed by atoms with E-state index in [2.05, 4.69) is 4.72 Å². The molecule has 0 unspecified atom stereocenters. The Kier molecular flexibility index (Phi) is 4.80. The number of halogens is 1. The fourth-order valence-electron chi connectivity index (χ4n) is 3.46. The van der Waals surface area contributed by atoms with Crippen LogP contribution in [-0.4, -0.2) is 27.2 Å². The Hall–Kier alpha value is -2.90. The van der Waals surface area contributed by atoms with Crippen LogP contribution in [0.25, 0.3) is 21.8 Å². The highest BCUT2D eigenvalue weighted by Crippen LogP contribution is 2.37. The minimum atomic E-state index is -3.87. The van der Waals surface area contributed by atoms with Crippen LogP contribution in [0.4, 0.5) is 5.69 Å². The fraction of sp³-hybridized carbons (Fsp3) is 0.143. The number of ether oxygens (including phenoxy) is 2. The van der Waals surface area contributed by atoms with E-state index in [-0.39, 0.29) is 15.6 Å². The largest absolute Gasteiger partial charge is 0.495 e. The van der Waals surface area contributed by atoms with Gasteiger partial charge in [0.05, 0.1) is 29.8 Å². The Morgan fingerprint density at radius 1 is 0.897 bits per heavy atom. The minimum Gasteiger partial charge on any atom is -0.495 e. The number of aryl methyl sites for hydroxylation is 1. The van der Waals surface area contributed by atoms with Crippen LogP contribution < -0.4 is 14.2 Å². The van der Waals surface area contributed by atoms with E-state index >= 15 is 0 Å². The summed E-state index contributed by atoms with van der Waals surface area (Å²) in [6, 6.07) is 16.0. The summed E-state index contributed by atoms with van der Waals surface area (Å²) in [5.41, 5.74) is 2.22. The van der Waals surface area contributed by atoms with Gasteiger partial charge in [-0.1, -0.05) is 29.8 Å². The van der Waals surface area contributed by atoms with Crippen molar-refractivity contribution in [3.63, 3.8) is 0 Å². The molecule has 4 rings (SSSR count). The molecule has 0 saturated heterocycles. The van der Waals surface area contributed by atoms with Gasteiger partial charge in [-0.3, -0.25) is 4.72 Å². The predicted octanol–water partition coefficient (Wildman–Crippen LogP) is 4.80. The second-order valence-corrected chi connectivity index (χ2v) is 8.64. The van der Waals surface area contributed by atoms with E-state index in [1.807, 2.05) is 41.9 Å². The zero-order chi connectivity index (χ0) is 20.8. The molecule has 3 aromatic carbocycles. The fourth-order valence-corrected chi connectivity index (χ4v) is 4.79. The molecule has 29 heavy (non-hydrogen) atoms. The lowest BCUT2D eigenvalue weighted by Crippen LogP contribution is -2.13. The van der Waals surface area contributed by atoms with Gasteiger partial charge in [-0.15, -0.1) is 0 Å². The Morgan fingerprint density at radius 2 is 1.59 bits per heavy atom. The third-order valence-corrected chi connectivity index (χ3v) is 6.57. The van der Waals surface area contributed by atoms with Crippen LogP contribution in [0.2, 0.25) is 5.02 Å². The molecule has 1 aromatic heterocycles. The van der Waals surface area contributed by atoms with Crippen molar-refractivity contribution < 1.29 is 17.9 Å². The molecule has 1 N–H and O–H groups in total. The first kappa shape index (κ1) is 19.4. The van der Waals surface area contributed by atoms with Gasteiger partial charge in [-0.25, -0.2) is 8.42 Å². The number of rotatable bonds is 5. The molecule has 1 heterocycles. The van der Waals surface area contributed by atoms with Gasteiger partial charge in [0.25, 0.3) is 10.0 Å². The molecule has 0 spiro atoms. The van der Waals surface area contributed by atoms with E-state index in [1.54, 1.807) is 12.1 Å². The maximum atomic E-state index is 13.1. The van der Waals surface area contributed by atoms with Gasteiger partial charge < -0.3 is 14.0 Å². The topological polar surface area (TPSA) is 69.6 Å². The van der Waals surface area contributed by atoms with Crippen LogP contribution in [0.5, 0.6) is 11.5 Å². The Balaban J connectivity index is 1.81. The van der Waals surface area contributed by atoms with Gasteiger partial charge in [0.1, 0.15) is 11.5 Å². The molecule has 8 heteroatoms. The van der Waals surface area contributed by atoms with E-state index in [1.165, 1.54) is 26.4 Å². The van der Waals surface area contributed by atoms with Crippen molar-refractivity contribution in [3.05, 3.63) is 59.6 Å². The molecule has 0 radical (unpaired) electrons. The highest BCUT2D eigenvalue weighted by molar-refractivity contribution is 7.92. The lowest BCUT2D eigenvalue weighted by atomic mass is 10.1. The van der Waals surface area contributed by atoms with E-state index < -0.39 is 10.0 Å². The number of anilines is 1. The standard InChI is InChI=1S/C21H19ClN2O4S/c1-24-18-7-5-4-6-14(18)15-10-13(8-9-19(15)24)29(25,26)23-17-11-16(22)20(27-2)12-21(17)28-3/h4-12,23H,1-3H3. The third kappa shape index (κ3) is 3.26. The van der Waals surface area contributed by atoms with Crippen LogP contribution in [0.1, 0.15) is 0 Å². The number of nitrogens with zero attached hydrogens (tertiary/aromatic N) is 1. The summed E-state index contributed by atoms with van der Waals surface area (Å²) in [5.74, 6) is 0.699. The van der Waals surface area contributed by atoms with Crippen molar-refractivity contribution in [2.45, 2.75) is 4.90 Å². The summed E-state index contributed by atoms with van der Waals surface area (Å²) in [6.07, 6.45) is 0. The van der Waals surface area contributed by atoms with Crippen LogP contribution in [0.15, 0.2) is 59.5 Å². The van der Waals surface area contributed by atoms with Crippen molar-refractivity contribution in [1.29, 1.82) is 0 Å². The van der Waals surface area contributed by atoms with Crippen LogP contribution >= 0.6 is 11.6 Å². The molecule has 4 aromatic rings. The molecule has 0 fully saturated rings. The van der Waals surface area contributed by atoms with E-state index in [0.29, 0.717) is 11.5 Å². The van der Waals surface area contributed by atoms with Gasteiger partial charge in [-0.05, 0) is 30.3 Å². The molecular weight excluding hydrogens is 412 g/mol. The molecule has 150 valence electrons. The number of hydrogen-bond acceptors (Lipinski definition) is 4. The summed E-state index contributed by atoms with van der Waals surface area (Å²) < 4.78 is 41.2. The van der Waals surface area contributed by atoms with Gasteiger partial charge in [-0.2, -0.15) is 0 Å². The first-order valence-corrected chi connectivity index (χ1v) is 10.6. The molecule has 0 aliphatic carbocycles. The summed E-state index contributed by atoms with van der Waals surface area (Å²) in [5, 5.41) is 2.13. The van der Waals surface area contributed by atoms with Crippen molar-refractivity contribution in [1.82, 2.24) is 4.57 Å². The van der Waals surface area contributed by atoms with Crippen molar-refractivity contribution in [2.75, 3.05) is 18.9 Å².